The lowest BCUT2D eigenvalue weighted by molar-refractivity contribution is -0.151. The van der Waals surface area contributed by atoms with E-state index in [0.29, 0.717) is 18.5 Å². The second-order valence-electron chi connectivity index (χ2n) is 5.30. The number of pyridine rings is 1. The fourth-order valence-corrected chi connectivity index (χ4v) is 2.25. The summed E-state index contributed by atoms with van der Waals surface area (Å²) in [5, 5.41) is 12.1. The number of amides is 1. The average molecular weight is 293 g/mol. The molecule has 1 amide bonds. The minimum Gasteiger partial charge on any atom is -0.481 e. The molecule has 116 valence electrons. The van der Waals surface area contributed by atoms with Gasteiger partial charge in [0.25, 0.3) is 0 Å². The molecule has 0 saturated heterocycles. The van der Waals surface area contributed by atoms with Crippen LogP contribution < -0.4 is 10.2 Å². The molecule has 0 saturated carbocycles. The van der Waals surface area contributed by atoms with Gasteiger partial charge in [0.05, 0.1) is 23.0 Å². The van der Waals surface area contributed by atoms with E-state index in [-0.39, 0.29) is 12.3 Å². The Bertz CT molecular complexity index is 511. The predicted molar refractivity (Wildman–Crippen MR) is 82.5 cm³/mol. The summed E-state index contributed by atoms with van der Waals surface area (Å²) in [6.07, 6.45) is 3.99. The van der Waals surface area contributed by atoms with E-state index in [9.17, 15) is 14.7 Å². The van der Waals surface area contributed by atoms with Gasteiger partial charge in [-0.05, 0) is 18.9 Å². The summed E-state index contributed by atoms with van der Waals surface area (Å²) in [7, 11) is 3.73. The molecule has 21 heavy (non-hydrogen) atoms. The number of anilines is 2. The highest BCUT2D eigenvalue weighted by Gasteiger charge is 2.37. The third-order valence-electron chi connectivity index (χ3n) is 3.86. The number of hydrogen-bond donors (Lipinski definition) is 2. The first kappa shape index (κ1) is 16.9. The highest BCUT2D eigenvalue weighted by atomic mass is 16.4. The highest BCUT2D eigenvalue weighted by molar-refractivity contribution is 5.96. The van der Waals surface area contributed by atoms with Crippen molar-refractivity contribution in [3.63, 3.8) is 0 Å². The Hall–Kier alpha value is -2.11. The van der Waals surface area contributed by atoms with E-state index in [0.717, 1.165) is 5.69 Å². The lowest BCUT2D eigenvalue weighted by Crippen LogP contribution is -2.34. The Morgan fingerprint density at radius 3 is 2.43 bits per heavy atom. The Kier molecular flexibility index (Phi) is 5.69. The number of nitrogens with one attached hydrogen (secondary N) is 1. The molecule has 0 bridgehead atoms. The van der Waals surface area contributed by atoms with E-state index in [2.05, 4.69) is 10.3 Å². The molecule has 2 N–H and O–H groups in total. The van der Waals surface area contributed by atoms with Crippen LogP contribution in [0, 0.1) is 5.41 Å². The van der Waals surface area contributed by atoms with Crippen molar-refractivity contribution in [3.8, 4) is 0 Å². The SMILES string of the molecule is CCC(CC)(CC(=O)Nc1cnccc1N(C)C)C(=O)O. The van der Waals surface area contributed by atoms with Crippen molar-refractivity contribution in [1.29, 1.82) is 0 Å². The standard InChI is InChI=1S/C15H23N3O3/c1-5-15(6-2,14(20)21)9-13(19)17-11-10-16-8-7-12(11)18(3)4/h7-8,10H,5-6,9H2,1-4H3,(H,17,19)(H,20,21). The van der Waals surface area contributed by atoms with Crippen LogP contribution in [-0.2, 0) is 9.59 Å². The van der Waals surface area contributed by atoms with Crippen molar-refractivity contribution in [2.75, 3.05) is 24.3 Å². The molecule has 0 aliphatic rings. The fraction of sp³-hybridized carbons (Fsp3) is 0.533. The molecule has 0 radical (unpaired) electrons. The molecule has 0 aromatic carbocycles. The van der Waals surface area contributed by atoms with Crippen LogP contribution in [0.25, 0.3) is 0 Å². The zero-order valence-electron chi connectivity index (χ0n) is 13.0. The number of carboxylic acid groups (broad SMARTS) is 1. The summed E-state index contributed by atoms with van der Waals surface area (Å²) in [6, 6.07) is 1.79. The summed E-state index contributed by atoms with van der Waals surface area (Å²) in [4.78, 5) is 29.5. The number of nitrogens with zero attached hydrogens (tertiary/aromatic N) is 2. The monoisotopic (exact) mass is 293 g/mol. The van der Waals surface area contributed by atoms with Crippen LogP contribution in [0.1, 0.15) is 33.1 Å². The van der Waals surface area contributed by atoms with E-state index in [1.54, 1.807) is 32.3 Å². The second-order valence-corrected chi connectivity index (χ2v) is 5.30. The van der Waals surface area contributed by atoms with E-state index in [1.165, 1.54) is 0 Å². The van der Waals surface area contributed by atoms with Crippen molar-refractivity contribution >= 4 is 23.3 Å². The second kappa shape index (κ2) is 7.06. The zero-order valence-corrected chi connectivity index (χ0v) is 13.0. The molecule has 0 aliphatic heterocycles. The van der Waals surface area contributed by atoms with Crippen LogP contribution in [0.15, 0.2) is 18.5 Å². The minimum atomic E-state index is -1.01. The Morgan fingerprint density at radius 1 is 1.33 bits per heavy atom. The van der Waals surface area contributed by atoms with E-state index < -0.39 is 11.4 Å². The summed E-state index contributed by atoms with van der Waals surface area (Å²) >= 11 is 0. The first-order chi connectivity index (χ1) is 9.86. The van der Waals surface area contributed by atoms with E-state index in [1.807, 2.05) is 19.0 Å². The normalized spacial score (nSPS) is 11.0. The van der Waals surface area contributed by atoms with Gasteiger partial charge < -0.3 is 15.3 Å². The number of rotatable bonds is 7. The predicted octanol–water partition coefficient (Wildman–Crippen LogP) is 2.37. The van der Waals surface area contributed by atoms with E-state index >= 15 is 0 Å². The molecule has 1 aromatic heterocycles. The lowest BCUT2D eigenvalue weighted by atomic mass is 9.79. The average Bonchev–Trinajstić information content (AvgIpc) is 2.44. The quantitative estimate of drug-likeness (QED) is 0.806. The molecular formula is C15H23N3O3. The number of carbonyl (C=O) groups excluding carboxylic acids is 1. The maximum absolute atomic E-state index is 12.2. The largest absolute Gasteiger partial charge is 0.481 e. The minimum absolute atomic E-state index is 0.0445. The first-order valence-electron chi connectivity index (χ1n) is 7.01. The van der Waals surface area contributed by atoms with Gasteiger partial charge in [0.2, 0.25) is 5.91 Å². The molecular weight excluding hydrogens is 270 g/mol. The molecule has 1 aromatic rings. The number of carbonyl (C=O) groups is 2. The van der Waals surface area contributed by atoms with Crippen molar-refractivity contribution in [2.45, 2.75) is 33.1 Å². The van der Waals surface area contributed by atoms with Gasteiger partial charge in [-0.2, -0.15) is 0 Å². The van der Waals surface area contributed by atoms with Crippen LogP contribution in [0.5, 0.6) is 0 Å². The molecule has 6 nitrogen and oxygen atoms in total. The van der Waals surface area contributed by atoms with Gasteiger partial charge in [-0.15, -0.1) is 0 Å². The van der Waals surface area contributed by atoms with Gasteiger partial charge >= 0.3 is 5.97 Å². The van der Waals surface area contributed by atoms with Gasteiger partial charge in [-0.1, -0.05) is 13.8 Å². The van der Waals surface area contributed by atoms with E-state index in [4.69, 9.17) is 0 Å². The van der Waals surface area contributed by atoms with Crippen LogP contribution >= 0.6 is 0 Å². The smallest absolute Gasteiger partial charge is 0.310 e. The number of aliphatic carboxylic acids is 1. The Labute approximate surface area is 125 Å². The first-order valence-corrected chi connectivity index (χ1v) is 7.01. The lowest BCUT2D eigenvalue weighted by Gasteiger charge is -2.26. The van der Waals surface area contributed by atoms with Gasteiger partial charge in [0.1, 0.15) is 0 Å². The van der Waals surface area contributed by atoms with Gasteiger partial charge in [-0.25, -0.2) is 0 Å². The van der Waals surface area contributed by atoms with Crippen molar-refractivity contribution in [2.24, 2.45) is 5.41 Å². The Balaban J connectivity index is 2.90. The summed E-state index contributed by atoms with van der Waals surface area (Å²) in [5.74, 6) is -1.24. The van der Waals surface area contributed by atoms with Gasteiger partial charge in [0.15, 0.2) is 0 Å². The molecule has 0 unspecified atom stereocenters. The zero-order chi connectivity index (χ0) is 16.0. The molecule has 1 heterocycles. The van der Waals surface area contributed by atoms with Crippen LogP contribution in [0.2, 0.25) is 0 Å². The Morgan fingerprint density at radius 2 is 1.95 bits per heavy atom. The molecule has 1 rings (SSSR count). The fourth-order valence-electron chi connectivity index (χ4n) is 2.25. The van der Waals surface area contributed by atoms with Gasteiger partial charge in [-0.3, -0.25) is 14.6 Å². The molecule has 0 spiro atoms. The molecule has 0 fully saturated rings. The van der Waals surface area contributed by atoms with Gasteiger partial charge in [0, 0.05) is 26.7 Å². The van der Waals surface area contributed by atoms with Crippen molar-refractivity contribution in [1.82, 2.24) is 4.98 Å². The topological polar surface area (TPSA) is 82.5 Å². The molecule has 0 atom stereocenters. The van der Waals surface area contributed by atoms with Crippen LogP contribution in [0.4, 0.5) is 11.4 Å². The highest BCUT2D eigenvalue weighted by Crippen LogP contribution is 2.32. The van der Waals surface area contributed by atoms with Crippen molar-refractivity contribution in [3.05, 3.63) is 18.5 Å². The maximum atomic E-state index is 12.2. The summed E-state index contributed by atoms with van der Waals surface area (Å²) < 4.78 is 0. The summed E-state index contributed by atoms with van der Waals surface area (Å²) in [6.45, 7) is 3.58. The molecule has 0 aliphatic carbocycles. The third kappa shape index (κ3) is 3.93. The molecule has 6 heteroatoms. The van der Waals surface area contributed by atoms with Crippen LogP contribution in [0.3, 0.4) is 0 Å². The third-order valence-corrected chi connectivity index (χ3v) is 3.86. The number of hydrogen-bond acceptors (Lipinski definition) is 4. The summed E-state index contributed by atoms with van der Waals surface area (Å²) in [5.41, 5.74) is 0.399. The number of aromatic nitrogens is 1. The number of carboxylic acids is 1. The van der Waals surface area contributed by atoms with Crippen molar-refractivity contribution < 1.29 is 14.7 Å². The maximum Gasteiger partial charge on any atom is 0.310 e. The van der Waals surface area contributed by atoms with Crippen LogP contribution in [-0.4, -0.2) is 36.1 Å².